The van der Waals surface area contributed by atoms with E-state index in [0.29, 0.717) is 30.2 Å². The summed E-state index contributed by atoms with van der Waals surface area (Å²) in [6.45, 7) is 4.53. The number of urea groups is 1. The normalized spacial score (nSPS) is 17.4. The van der Waals surface area contributed by atoms with Crippen molar-refractivity contribution >= 4 is 29.2 Å². The predicted octanol–water partition coefficient (Wildman–Crippen LogP) is 2.64. The van der Waals surface area contributed by atoms with Crippen molar-refractivity contribution in [2.75, 3.05) is 18.4 Å². The van der Waals surface area contributed by atoms with Gasteiger partial charge in [-0.3, -0.25) is 4.79 Å². The van der Waals surface area contributed by atoms with E-state index in [1.807, 2.05) is 0 Å². The molecule has 0 aliphatic carbocycles. The van der Waals surface area contributed by atoms with Gasteiger partial charge >= 0.3 is 6.03 Å². The summed E-state index contributed by atoms with van der Waals surface area (Å²) in [6, 6.07) is 6.21. The Labute approximate surface area is 129 Å². The lowest BCUT2D eigenvalue weighted by molar-refractivity contribution is -0.124. The average molecular weight is 308 g/mol. The van der Waals surface area contributed by atoms with E-state index in [2.05, 4.69) is 17.2 Å². The highest BCUT2D eigenvalue weighted by Crippen LogP contribution is 2.20. The molecule has 5 nitrogen and oxygen atoms in total. The first-order valence-electron chi connectivity index (χ1n) is 6.83. The van der Waals surface area contributed by atoms with Crippen LogP contribution in [0.3, 0.4) is 0 Å². The molecule has 0 saturated carbocycles. The molecule has 1 heterocycles. The molecule has 0 aromatic heterocycles. The van der Waals surface area contributed by atoms with Crippen molar-refractivity contribution in [1.82, 2.24) is 10.2 Å². The minimum absolute atomic E-state index is 0.145. The van der Waals surface area contributed by atoms with Crippen molar-refractivity contribution in [3.8, 4) is 0 Å². The molecule has 2 rings (SSSR count). The van der Waals surface area contributed by atoms with Crippen LogP contribution in [-0.4, -0.2) is 36.0 Å². The van der Waals surface area contributed by atoms with Crippen LogP contribution in [0, 0.1) is 0 Å². The quantitative estimate of drug-likeness (QED) is 0.840. The Morgan fingerprint density at radius 1 is 1.48 bits per heavy atom. The molecule has 2 N–H and O–H groups in total. The van der Waals surface area contributed by atoms with Gasteiger partial charge < -0.3 is 15.5 Å². The molecule has 1 saturated heterocycles. The Morgan fingerprint density at radius 2 is 2.29 bits per heavy atom. The van der Waals surface area contributed by atoms with Crippen molar-refractivity contribution < 1.29 is 9.59 Å². The van der Waals surface area contributed by atoms with Crippen LogP contribution in [0.5, 0.6) is 0 Å². The summed E-state index contributed by atoms with van der Waals surface area (Å²) >= 11 is 5.89. The molecule has 0 spiro atoms. The molecular weight excluding hydrogens is 290 g/mol. The van der Waals surface area contributed by atoms with Crippen molar-refractivity contribution in [1.29, 1.82) is 0 Å². The van der Waals surface area contributed by atoms with Gasteiger partial charge in [0.05, 0.1) is 0 Å². The Bertz CT molecular complexity index is 547. The van der Waals surface area contributed by atoms with Gasteiger partial charge in [0.25, 0.3) is 0 Å². The van der Waals surface area contributed by atoms with Crippen LogP contribution in [0.4, 0.5) is 10.5 Å². The van der Waals surface area contributed by atoms with E-state index in [4.69, 9.17) is 11.6 Å². The maximum atomic E-state index is 12.3. The van der Waals surface area contributed by atoms with Crippen molar-refractivity contribution in [3.63, 3.8) is 0 Å². The molecule has 0 unspecified atom stereocenters. The molecular formula is C15H18ClN3O2. The van der Waals surface area contributed by atoms with Crippen LogP contribution in [0.25, 0.3) is 0 Å². The van der Waals surface area contributed by atoms with E-state index in [9.17, 15) is 9.59 Å². The van der Waals surface area contributed by atoms with Crippen LogP contribution in [0.1, 0.15) is 12.8 Å². The molecule has 1 fully saturated rings. The Kier molecular flexibility index (Phi) is 5.22. The lowest BCUT2D eigenvalue weighted by atomic mass is 10.2. The third-order valence-corrected chi connectivity index (χ3v) is 3.55. The first kappa shape index (κ1) is 15.4. The zero-order valence-corrected chi connectivity index (χ0v) is 12.4. The van der Waals surface area contributed by atoms with Gasteiger partial charge in [0, 0.05) is 23.8 Å². The molecule has 1 aliphatic heterocycles. The number of hydrogen-bond acceptors (Lipinski definition) is 2. The van der Waals surface area contributed by atoms with Gasteiger partial charge in [-0.2, -0.15) is 0 Å². The maximum absolute atomic E-state index is 12.3. The Morgan fingerprint density at radius 3 is 3.00 bits per heavy atom. The van der Waals surface area contributed by atoms with E-state index in [1.165, 1.54) is 0 Å². The van der Waals surface area contributed by atoms with Crippen LogP contribution < -0.4 is 10.6 Å². The van der Waals surface area contributed by atoms with E-state index >= 15 is 0 Å². The van der Waals surface area contributed by atoms with Crippen LogP contribution in [0.2, 0.25) is 5.02 Å². The second kappa shape index (κ2) is 7.13. The molecule has 0 bridgehead atoms. The average Bonchev–Trinajstić information content (AvgIpc) is 2.94. The first-order valence-corrected chi connectivity index (χ1v) is 7.21. The highest BCUT2D eigenvalue weighted by atomic mass is 35.5. The van der Waals surface area contributed by atoms with Crippen LogP contribution >= 0.6 is 11.6 Å². The zero-order valence-electron chi connectivity index (χ0n) is 11.6. The summed E-state index contributed by atoms with van der Waals surface area (Å²) in [5.41, 5.74) is 0.615. The summed E-state index contributed by atoms with van der Waals surface area (Å²) in [7, 11) is 0. The third kappa shape index (κ3) is 3.98. The molecule has 1 aromatic rings. The number of nitrogens with one attached hydrogen (secondary N) is 2. The Balaban J connectivity index is 2.00. The molecule has 3 amide bonds. The molecule has 112 valence electrons. The summed E-state index contributed by atoms with van der Waals surface area (Å²) in [5, 5.41) is 6.05. The number of likely N-dealkylation sites (tertiary alicyclic amines) is 1. The van der Waals surface area contributed by atoms with Gasteiger partial charge in [0.1, 0.15) is 6.04 Å². The van der Waals surface area contributed by atoms with E-state index < -0.39 is 6.04 Å². The van der Waals surface area contributed by atoms with Crippen molar-refractivity contribution in [2.45, 2.75) is 18.9 Å². The smallest absolute Gasteiger partial charge is 0.322 e. The lowest BCUT2D eigenvalue weighted by Crippen LogP contribution is -2.47. The first-order chi connectivity index (χ1) is 10.1. The van der Waals surface area contributed by atoms with Gasteiger partial charge in [-0.25, -0.2) is 4.79 Å². The van der Waals surface area contributed by atoms with Gasteiger partial charge in [0.15, 0.2) is 0 Å². The molecule has 21 heavy (non-hydrogen) atoms. The maximum Gasteiger partial charge on any atom is 0.322 e. The number of halogens is 1. The third-order valence-electron chi connectivity index (χ3n) is 3.31. The number of carbonyl (C=O) groups is 2. The summed E-state index contributed by atoms with van der Waals surface area (Å²) < 4.78 is 0. The number of benzene rings is 1. The van der Waals surface area contributed by atoms with E-state index in [-0.39, 0.29) is 11.9 Å². The van der Waals surface area contributed by atoms with Gasteiger partial charge in [-0.05, 0) is 31.0 Å². The van der Waals surface area contributed by atoms with Crippen LogP contribution in [0.15, 0.2) is 36.9 Å². The molecule has 0 radical (unpaired) electrons. The van der Waals surface area contributed by atoms with Gasteiger partial charge in [0.2, 0.25) is 5.91 Å². The zero-order chi connectivity index (χ0) is 15.2. The van der Waals surface area contributed by atoms with E-state index in [0.717, 1.165) is 6.42 Å². The van der Waals surface area contributed by atoms with E-state index in [1.54, 1.807) is 35.2 Å². The monoisotopic (exact) mass is 307 g/mol. The predicted molar refractivity (Wildman–Crippen MR) is 83.4 cm³/mol. The number of nitrogens with zero attached hydrogens (tertiary/aromatic N) is 1. The molecule has 1 atom stereocenters. The number of hydrogen-bond donors (Lipinski definition) is 2. The Hall–Kier alpha value is -2.01. The topological polar surface area (TPSA) is 61.4 Å². The van der Waals surface area contributed by atoms with Crippen LogP contribution in [-0.2, 0) is 4.79 Å². The highest BCUT2D eigenvalue weighted by Gasteiger charge is 2.33. The second-order valence-corrected chi connectivity index (χ2v) is 5.26. The number of carbonyl (C=O) groups excluding carboxylic acids is 2. The van der Waals surface area contributed by atoms with Crippen molar-refractivity contribution in [3.05, 3.63) is 41.9 Å². The minimum atomic E-state index is -0.427. The van der Waals surface area contributed by atoms with Gasteiger partial charge in [-0.1, -0.05) is 23.7 Å². The number of rotatable bonds is 4. The fourth-order valence-electron chi connectivity index (χ4n) is 2.33. The number of anilines is 1. The summed E-state index contributed by atoms with van der Waals surface area (Å²) in [5.74, 6) is -0.145. The van der Waals surface area contributed by atoms with Crippen molar-refractivity contribution in [2.24, 2.45) is 0 Å². The fourth-order valence-corrected chi connectivity index (χ4v) is 2.52. The second-order valence-electron chi connectivity index (χ2n) is 4.83. The lowest BCUT2D eigenvalue weighted by Gasteiger charge is -2.24. The molecule has 6 heteroatoms. The van der Waals surface area contributed by atoms with Gasteiger partial charge in [-0.15, -0.1) is 6.58 Å². The fraction of sp³-hybridized carbons (Fsp3) is 0.333. The summed E-state index contributed by atoms with van der Waals surface area (Å²) in [4.78, 5) is 25.9. The highest BCUT2D eigenvalue weighted by molar-refractivity contribution is 6.30. The minimum Gasteiger partial charge on any atom is -0.351 e. The summed E-state index contributed by atoms with van der Waals surface area (Å²) in [6.07, 6.45) is 3.10. The number of amides is 3. The largest absolute Gasteiger partial charge is 0.351 e. The molecule has 1 aliphatic rings. The SMILES string of the molecule is C=CCNC(=O)[C@H]1CCCN1C(=O)Nc1cccc(Cl)c1. The standard InChI is InChI=1S/C15H18ClN3O2/c1-2-8-17-14(20)13-7-4-9-19(13)15(21)18-12-6-3-5-11(16)10-12/h2-3,5-6,10,13H,1,4,7-9H2,(H,17,20)(H,18,21)/t13-/m1/s1. The molecule has 1 aromatic carbocycles.